The maximum Gasteiger partial charge on any atom is 0.335 e. The van der Waals surface area contributed by atoms with Crippen LogP contribution in [-0.4, -0.2) is 42.5 Å². The first-order chi connectivity index (χ1) is 8.13. The molecule has 0 aromatic heterocycles. The summed E-state index contributed by atoms with van der Waals surface area (Å²) >= 11 is 0. The van der Waals surface area contributed by atoms with E-state index in [1.54, 1.807) is 24.3 Å². The van der Waals surface area contributed by atoms with Crippen molar-refractivity contribution >= 4 is 5.97 Å². The van der Waals surface area contributed by atoms with Gasteiger partial charge in [0.2, 0.25) is 0 Å². The summed E-state index contributed by atoms with van der Waals surface area (Å²) in [6.07, 6.45) is -0.529. The maximum atomic E-state index is 10.6. The van der Waals surface area contributed by atoms with Crippen LogP contribution >= 0.6 is 0 Å². The topological polar surface area (TPSA) is 78.8 Å². The number of benzene rings is 1. The molecule has 0 aliphatic heterocycles. The second-order valence-corrected chi connectivity index (χ2v) is 3.74. The SMILES string of the molecule is COCC(O)CNCc1ccc(C(=O)O)cc1. The minimum absolute atomic E-state index is 0.271. The molecule has 17 heavy (non-hydrogen) atoms. The van der Waals surface area contributed by atoms with Crippen molar-refractivity contribution in [3.8, 4) is 0 Å². The Morgan fingerprint density at radius 2 is 2.06 bits per heavy atom. The molecular formula is C12H17NO4. The van der Waals surface area contributed by atoms with Crippen LogP contribution < -0.4 is 5.32 Å². The van der Waals surface area contributed by atoms with Gasteiger partial charge in [0.05, 0.1) is 18.3 Å². The summed E-state index contributed by atoms with van der Waals surface area (Å²) < 4.78 is 4.79. The summed E-state index contributed by atoms with van der Waals surface area (Å²) in [6, 6.07) is 6.62. The summed E-state index contributed by atoms with van der Waals surface area (Å²) in [4.78, 5) is 10.6. The molecule has 3 N–H and O–H groups in total. The van der Waals surface area contributed by atoms with E-state index in [2.05, 4.69) is 5.32 Å². The average Bonchev–Trinajstić information content (AvgIpc) is 2.30. The molecule has 94 valence electrons. The largest absolute Gasteiger partial charge is 0.478 e. The van der Waals surface area contributed by atoms with Crippen LogP contribution in [0.3, 0.4) is 0 Å². The van der Waals surface area contributed by atoms with E-state index in [1.807, 2.05) is 0 Å². The van der Waals surface area contributed by atoms with Gasteiger partial charge >= 0.3 is 5.97 Å². The average molecular weight is 239 g/mol. The number of carboxylic acids is 1. The first kappa shape index (κ1) is 13.6. The lowest BCUT2D eigenvalue weighted by Gasteiger charge is -2.10. The normalized spacial score (nSPS) is 12.4. The number of hydrogen-bond donors (Lipinski definition) is 3. The fraction of sp³-hybridized carbons (Fsp3) is 0.417. The van der Waals surface area contributed by atoms with Crippen LogP contribution in [0.25, 0.3) is 0 Å². The summed E-state index contributed by atoms with van der Waals surface area (Å²) in [7, 11) is 1.54. The minimum atomic E-state index is -0.931. The molecule has 1 rings (SSSR count). The van der Waals surface area contributed by atoms with Gasteiger partial charge in [-0.15, -0.1) is 0 Å². The zero-order valence-corrected chi connectivity index (χ0v) is 9.72. The molecular weight excluding hydrogens is 222 g/mol. The Kier molecular flexibility index (Phi) is 5.62. The molecule has 0 fully saturated rings. The van der Waals surface area contributed by atoms with Crippen molar-refractivity contribution in [2.45, 2.75) is 12.6 Å². The van der Waals surface area contributed by atoms with E-state index in [0.29, 0.717) is 19.7 Å². The smallest absolute Gasteiger partial charge is 0.335 e. The Labute approximate surface area is 100 Å². The van der Waals surface area contributed by atoms with E-state index >= 15 is 0 Å². The van der Waals surface area contributed by atoms with E-state index in [-0.39, 0.29) is 5.56 Å². The third-order valence-corrected chi connectivity index (χ3v) is 2.27. The Balaban J connectivity index is 2.34. The fourth-order valence-electron chi connectivity index (χ4n) is 1.40. The van der Waals surface area contributed by atoms with Gasteiger partial charge in [0.25, 0.3) is 0 Å². The number of nitrogens with one attached hydrogen (secondary N) is 1. The molecule has 0 amide bonds. The molecule has 5 heteroatoms. The first-order valence-corrected chi connectivity index (χ1v) is 5.33. The standard InChI is InChI=1S/C12H17NO4/c1-17-8-11(14)7-13-6-9-2-4-10(5-3-9)12(15)16/h2-5,11,13-14H,6-8H2,1H3,(H,15,16). The Bertz CT molecular complexity index is 350. The van der Waals surface area contributed by atoms with Crippen molar-refractivity contribution in [2.75, 3.05) is 20.3 Å². The molecule has 0 saturated heterocycles. The summed E-state index contributed by atoms with van der Waals surface area (Å²) in [5.74, 6) is -0.931. The Morgan fingerprint density at radius 3 is 2.59 bits per heavy atom. The van der Waals surface area contributed by atoms with E-state index in [1.165, 1.54) is 7.11 Å². The Morgan fingerprint density at radius 1 is 1.41 bits per heavy atom. The second-order valence-electron chi connectivity index (χ2n) is 3.74. The zero-order chi connectivity index (χ0) is 12.7. The Hall–Kier alpha value is -1.43. The lowest BCUT2D eigenvalue weighted by Crippen LogP contribution is -2.29. The van der Waals surface area contributed by atoms with Gasteiger partial charge in [0.15, 0.2) is 0 Å². The highest BCUT2D eigenvalue weighted by atomic mass is 16.5. The number of methoxy groups -OCH3 is 1. The number of aromatic carboxylic acids is 1. The number of rotatable bonds is 7. The highest BCUT2D eigenvalue weighted by Gasteiger charge is 2.03. The molecule has 1 aromatic rings. The number of aliphatic hydroxyl groups excluding tert-OH is 1. The molecule has 0 radical (unpaired) electrons. The number of aliphatic hydroxyl groups is 1. The quantitative estimate of drug-likeness (QED) is 0.645. The molecule has 1 unspecified atom stereocenters. The van der Waals surface area contributed by atoms with Crippen LogP contribution in [0.2, 0.25) is 0 Å². The van der Waals surface area contributed by atoms with E-state index in [4.69, 9.17) is 9.84 Å². The number of ether oxygens (including phenoxy) is 1. The lowest BCUT2D eigenvalue weighted by atomic mass is 10.1. The van der Waals surface area contributed by atoms with Crippen LogP contribution in [0, 0.1) is 0 Å². The van der Waals surface area contributed by atoms with Gasteiger partial charge in [-0.2, -0.15) is 0 Å². The fourth-order valence-corrected chi connectivity index (χ4v) is 1.40. The summed E-state index contributed by atoms with van der Waals surface area (Å²) in [5, 5.41) is 21.2. The molecule has 1 atom stereocenters. The van der Waals surface area contributed by atoms with E-state index in [0.717, 1.165) is 5.56 Å². The van der Waals surface area contributed by atoms with Crippen molar-refractivity contribution in [3.05, 3.63) is 35.4 Å². The van der Waals surface area contributed by atoms with E-state index < -0.39 is 12.1 Å². The van der Waals surface area contributed by atoms with Crippen molar-refractivity contribution in [2.24, 2.45) is 0 Å². The molecule has 0 spiro atoms. The molecule has 0 heterocycles. The van der Waals surface area contributed by atoms with Gasteiger partial charge in [0.1, 0.15) is 0 Å². The number of hydrogen-bond acceptors (Lipinski definition) is 4. The number of carboxylic acid groups (broad SMARTS) is 1. The molecule has 1 aromatic carbocycles. The zero-order valence-electron chi connectivity index (χ0n) is 9.72. The minimum Gasteiger partial charge on any atom is -0.478 e. The summed E-state index contributed by atoms with van der Waals surface area (Å²) in [6.45, 7) is 1.32. The van der Waals surface area contributed by atoms with Gasteiger partial charge in [-0.3, -0.25) is 0 Å². The third kappa shape index (κ3) is 4.95. The highest BCUT2D eigenvalue weighted by molar-refractivity contribution is 5.87. The van der Waals surface area contributed by atoms with Crippen LogP contribution in [0.15, 0.2) is 24.3 Å². The molecule has 0 bridgehead atoms. The van der Waals surface area contributed by atoms with Crippen molar-refractivity contribution in [1.82, 2.24) is 5.32 Å². The summed E-state index contributed by atoms with van der Waals surface area (Å²) in [5.41, 5.74) is 1.24. The van der Waals surface area contributed by atoms with Gasteiger partial charge in [0, 0.05) is 20.2 Å². The molecule has 0 saturated carbocycles. The molecule has 5 nitrogen and oxygen atoms in total. The van der Waals surface area contributed by atoms with Gasteiger partial charge in [-0.05, 0) is 17.7 Å². The predicted molar refractivity (Wildman–Crippen MR) is 63.0 cm³/mol. The van der Waals surface area contributed by atoms with E-state index in [9.17, 15) is 9.90 Å². The van der Waals surface area contributed by atoms with Crippen molar-refractivity contribution < 1.29 is 19.7 Å². The predicted octanol–water partition coefficient (Wildman–Crippen LogP) is 0.482. The lowest BCUT2D eigenvalue weighted by molar-refractivity contribution is 0.0644. The highest BCUT2D eigenvalue weighted by Crippen LogP contribution is 2.04. The number of carbonyl (C=O) groups is 1. The van der Waals surface area contributed by atoms with Gasteiger partial charge in [-0.1, -0.05) is 12.1 Å². The van der Waals surface area contributed by atoms with Crippen LogP contribution in [0.1, 0.15) is 15.9 Å². The second kappa shape index (κ2) is 7.01. The maximum absolute atomic E-state index is 10.6. The third-order valence-electron chi connectivity index (χ3n) is 2.27. The monoisotopic (exact) mass is 239 g/mol. The van der Waals surface area contributed by atoms with Crippen LogP contribution in [0.4, 0.5) is 0 Å². The van der Waals surface area contributed by atoms with Gasteiger partial charge < -0.3 is 20.3 Å². The van der Waals surface area contributed by atoms with Crippen LogP contribution in [-0.2, 0) is 11.3 Å². The van der Waals surface area contributed by atoms with Crippen LogP contribution in [0.5, 0.6) is 0 Å². The molecule has 0 aliphatic carbocycles. The van der Waals surface area contributed by atoms with Crippen molar-refractivity contribution in [1.29, 1.82) is 0 Å². The van der Waals surface area contributed by atoms with Gasteiger partial charge in [-0.25, -0.2) is 4.79 Å². The first-order valence-electron chi connectivity index (χ1n) is 5.33. The molecule has 0 aliphatic rings. The van der Waals surface area contributed by atoms with Crippen molar-refractivity contribution in [3.63, 3.8) is 0 Å².